The second-order valence-electron chi connectivity index (χ2n) is 2.52. The number of aryl methyl sites for hydroxylation is 1. The van der Waals surface area contributed by atoms with Gasteiger partial charge in [0, 0.05) is 6.20 Å². The minimum Gasteiger partial charge on any atom is -0.259 e. The molecule has 1 aromatic heterocycles. The van der Waals surface area contributed by atoms with Crippen LogP contribution in [0.25, 0.3) is 0 Å². The maximum atomic E-state index is 10.4. The molecule has 1 aromatic rings. The highest BCUT2D eigenvalue weighted by molar-refractivity contribution is 7.84. The molecule has 0 aliphatic rings. The van der Waals surface area contributed by atoms with Crippen LogP contribution in [0.2, 0.25) is 0 Å². The van der Waals surface area contributed by atoms with E-state index in [4.69, 9.17) is 0 Å². The molecule has 0 unspecified atom stereocenters. The maximum Gasteiger partial charge on any atom is 0.333 e. The van der Waals surface area contributed by atoms with Gasteiger partial charge in [0.15, 0.2) is 0 Å². The Bertz CT molecular complexity index is 388. The molecule has 1 rings (SSSR count). The molecule has 0 bridgehead atoms. The summed E-state index contributed by atoms with van der Waals surface area (Å²) < 4.78 is 25.3. The lowest BCUT2D eigenvalue weighted by molar-refractivity contribution is 0.303. The topological polar surface area (TPSA) is 82.3 Å². The molecular weight excluding hydrogens is 192 g/mol. The molecule has 0 fully saturated rings. The Morgan fingerprint density at radius 1 is 1.62 bits per heavy atom. The summed E-state index contributed by atoms with van der Waals surface area (Å²) in [5.74, 6) is 0. The van der Waals surface area contributed by atoms with Gasteiger partial charge in [-0.3, -0.25) is 9.17 Å². The van der Waals surface area contributed by atoms with Crippen LogP contribution in [0, 0.1) is 6.92 Å². The quantitative estimate of drug-likeness (QED) is 0.754. The second-order valence-corrected chi connectivity index (χ2v) is 3.74. The van der Waals surface area contributed by atoms with E-state index in [9.17, 15) is 8.42 Å². The number of hydrogen-bond donors (Lipinski definition) is 1. The van der Waals surface area contributed by atoms with E-state index in [2.05, 4.69) is 14.3 Å². The molecule has 72 valence electrons. The first-order chi connectivity index (χ1) is 5.99. The van der Waals surface area contributed by atoms with Gasteiger partial charge < -0.3 is 0 Å². The van der Waals surface area contributed by atoms with Crippen LogP contribution < -0.4 is 5.14 Å². The predicted molar refractivity (Wildman–Crippen MR) is 46.9 cm³/mol. The van der Waals surface area contributed by atoms with Crippen molar-refractivity contribution in [1.29, 1.82) is 0 Å². The second kappa shape index (κ2) is 3.82. The summed E-state index contributed by atoms with van der Waals surface area (Å²) in [5, 5.41) is 4.66. The molecule has 0 aliphatic carbocycles. The Hall–Kier alpha value is -0.980. The van der Waals surface area contributed by atoms with Gasteiger partial charge in [0.2, 0.25) is 0 Å². The van der Waals surface area contributed by atoms with E-state index in [0.717, 1.165) is 5.56 Å². The van der Waals surface area contributed by atoms with E-state index in [-0.39, 0.29) is 6.61 Å². The highest BCUT2D eigenvalue weighted by Gasteiger charge is 2.05. The molecule has 0 atom stereocenters. The van der Waals surface area contributed by atoms with Crippen LogP contribution in [-0.4, -0.2) is 13.4 Å². The Morgan fingerprint density at radius 3 is 2.85 bits per heavy atom. The van der Waals surface area contributed by atoms with E-state index in [1.54, 1.807) is 12.3 Å². The highest BCUT2D eigenvalue weighted by atomic mass is 32.2. The average Bonchev–Trinajstić information content (AvgIpc) is 2.01. The van der Waals surface area contributed by atoms with Crippen molar-refractivity contribution >= 4 is 10.3 Å². The lowest BCUT2D eigenvalue weighted by Crippen LogP contribution is -2.16. The smallest absolute Gasteiger partial charge is 0.259 e. The Kier molecular flexibility index (Phi) is 2.97. The van der Waals surface area contributed by atoms with Crippen LogP contribution in [0.4, 0.5) is 0 Å². The SMILES string of the molecule is Cc1cccnc1COS(N)(=O)=O. The highest BCUT2D eigenvalue weighted by Crippen LogP contribution is 2.05. The Balaban J connectivity index is 2.71. The number of nitrogens with two attached hydrogens (primary N) is 1. The molecule has 2 N–H and O–H groups in total. The minimum atomic E-state index is -3.88. The van der Waals surface area contributed by atoms with Gasteiger partial charge in [-0.25, -0.2) is 5.14 Å². The van der Waals surface area contributed by atoms with Crippen LogP contribution in [0.1, 0.15) is 11.3 Å². The standard InChI is InChI=1S/C7H10N2O3S/c1-6-3-2-4-9-7(6)5-12-13(8,10)11/h2-4H,5H2,1H3,(H2,8,10,11). The molecule has 0 aliphatic heterocycles. The molecule has 0 aromatic carbocycles. The van der Waals surface area contributed by atoms with Crippen molar-refractivity contribution in [2.24, 2.45) is 5.14 Å². The molecule has 0 amide bonds. The third-order valence-corrected chi connectivity index (χ3v) is 1.92. The van der Waals surface area contributed by atoms with Crippen molar-refractivity contribution < 1.29 is 12.6 Å². The molecule has 0 saturated carbocycles. The van der Waals surface area contributed by atoms with Gasteiger partial charge in [0.25, 0.3) is 0 Å². The van der Waals surface area contributed by atoms with Crippen LogP contribution in [0.3, 0.4) is 0 Å². The maximum absolute atomic E-state index is 10.4. The summed E-state index contributed by atoms with van der Waals surface area (Å²) in [5.41, 5.74) is 1.43. The summed E-state index contributed by atoms with van der Waals surface area (Å²) in [6.45, 7) is 1.69. The normalized spacial score (nSPS) is 11.5. The lowest BCUT2D eigenvalue weighted by atomic mass is 10.2. The van der Waals surface area contributed by atoms with Crippen molar-refractivity contribution in [3.05, 3.63) is 29.6 Å². The van der Waals surface area contributed by atoms with Gasteiger partial charge in [0.05, 0.1) is 5.69 Å². The summed E-state index contributed by atoms with van der Waals surface area (Å²) in [6, 6.07) is 3.57. The zero-order valence-corrected chi connectivity index (χ0v) is 7.91. The van der Waals surface area contributed by atoms with Gasteiger partial charge in [-0.15, -0.1) is 0 Å². The van der Waals surface area contributed by atoms with Crippen molar-refractivity contribution in [3.8, 4) is 0 Å². The molecule has 6 heteroatoms. The van der Waals surface area contributed by atoms with Crippen LogP contribution in [-0.2, 0) is 21.1 Å². The molecule has 0 spiro atoms. The molecule has 0 saturated heterocycles. The summed E-state index contributed by atoms with van der Waals surface area (Å²) in [4.78, 5) is 3.94. The first kappa shape index (κ1) is 10.1. The summed E-state index contributed by atoms with van der Waals surface area (Å²) >= 11 is 0. The summed E-state index contributed by atoms with van der Waals surface area (Å²) in [6.07, 6.45) is 1.56. The number of nitrogens with zero attached hydrogens (tertiary/aromatic N) is 1. The van der Waals surface area contributed by atoms with Gasteiger partial charge in [-0.1, -0.05) is 6.07 Å². The zero-order valence-electron chi connectivity index (χ0n) is 7.10. The third kappa shape index (κ3) is 3.49. The van der Waals surface area contributed by atoms with E-state index < -0.39 is 10.3 Å². The first-order valence-electron chi connectivity index (χ1n) is 3.57. The van der Waals surface area contributed by atoms with Crippen LogP contribution in [0.5, 0.6) is 0 Å². The van der Waals surface area contributed by atoms with Gasteiger partial charge >= 0.3 is 10.3 Å². The van der Waals surface area contributed by atoms with Crippen LogP contribution >= 0.6 is 0 Å². The van der Waals surface area contributed by atoms with Crippen molar-refractivity contribution in [1.82, 2.24) is 4.98 Å². The predicted octanol–water partition coefficient (Wildman–Crippen LogP) is 0.110. The monoisotopic (exact) mass is 202 g/mol. The van der Waals surface area contributed by atoms with E-state index in [1.165, 1.54) is 0 Å². The Morgan fingerprint density at radius 2 is 2.31 bits per heavy atom. The number of pyridine rings is 1. The first-order valence-corrected chi connectivity index (χ1v) is 5.04. The fourth-order valence-electron chi connectivity index (χ4n) is 0.807. The number of aromatic nitrogens is 1. The van der Waals surface area contributed by atoms with Crippen molar-refractivity contribution in [2.75, 3.05) is 0 Å². The molecule has 13 heavy (non-hydrogen) atoms. The van der Waals surface area contributed by atoms with Gasteiger partial charge in [0.1, 0.15) is 6.61 Å². The lowest BCUT2D eigenvalue weighted by Gasteiger charge is -2.02. The van der Waals surface area contributed by atoms with Crippen LogP contribution in [0.15, 0.2) is 18.3 Å². The fraction of sp³-hybridized carbons (Fsp3) is 0.286. The van der Waals surface area contributed by atoms with E-state index in [1.807, 2.05) is 13.0 Å². The zero-order chi connectivity index (χ0) is 9.90. The van der Waals surface area contributed by atoms with E-state index in [0.29, 0.717) is 5.69 Å². The largest absolute Gasteiger partial charge is 0.333 e. The van der Waals surface area contributed by atoms with Crippen molar-refractivity contribution in [2.45, 2.75) is 13.5 Å². The third-order valence-electron chi connectivity index (χ3n) is 1.48. The Labute approximate surface area is 76.8 Å². The number of rotatable bonds is 3. The average molecular weight is 202 g/mol. The van der Waals surface area contributed by atoms with E-state index >= 15 is 0 Å². The fourth-order valence-corrected chi connectivity index (χ4v) is 1.08. The molecule has 0 radical (unpaired) electrons. The summed E-state index contributed by atoms with van der Waals surface area (Å²) in [7, 11) is -3.88. The minimum absolute atomic E-state index is 0.120. The van der Waals surface area contributed by atoms with Gasteiger partial charge in [-0.05, 0) is 18.6 Å². The van der Waals surface area contributed by atoms with Crippen molar-refractivity contribution in [3.63, 3.8) is 0 Å². The van der Waals surface area contributed by atoms with Gasteiger partial charge in [-0.2, -0.15) is 8.42 Å². The molecular formula is C7H10N2O3S. The number of hydrogen-bond acceptors (Lipinski definition) is 4. The molecule has 1 heterocycles. The molecule has 5 nitrogen and oxygen atoms in total.